The van der Waals surface area contributed by atoms with Crippen molar-refractivity contribution in [2.24, 2.45) is 5.92 Å². The van der Waals surface area contributed by atoms with Gasteiger partial charge in [0.25, 0.3) is 5.91 Å². The highest BCUT2D eigenvalue weighted by atomic mass is 32.2. The van der Waals surface area contributed by atoms with Gasteiger partial charge in [-0.05, 0) is 17.1 Å². The van der Waals surface area contributed by atoms with E-state index in [9.17, 15) is 9.59 Å². The van der Waals surface area contributed by atoms with E-state index in [1.165, 1.54) is 11.8 Å². The van der Waals surface area contributed by atoms with Crippen molar-refractivity contribution in [3.8, 4) is 0 Å². The fourth-order valence-electron chi connectivity index (χ4n) is 2.18. The van der Waals surface area contributed by atoms with Crippen LogP contribution in [0.4, 0.5) is 0 Å². The molecule has 21 heavy (non-hydrogen) atoms. The van der Waals surface area contributed by atoms with Crippen LogP contribution in [0.1, 0.15) is 19.4 Å². The number of amides is 1. The number of hydrogen-bond donors (Lipinski definition) is 1. The molecule has 6 heteroatoms. The lowest BCUT2D eigenvalue weighted by atomic mass is 9.94. The summed E-state index contributed by atoms with van der Waals surface area (Å²) in [6.07, 6.45) is 0. The van der Waals surface area contributed by atoms with E-state index in [0.717, 1.165) is 16.0 Å². The van der Waals surface area contributed by atoms with E-state index >= 15 is 0 Å². The highest BCUT2D eigenvalue weighted by Gasteiger charge is 2.36. The van der Waals surface area contributed by atoms with Gasteiger partial charge in [0, 0.05) is 0 Å². The molecule has 0 unspecified atom stereocenters. The molecular weight excluding hydrogens is 306 g/mol. The molecule has 1 aliphatic heterocycles. The van der Waals surface area contributed by atoms with Crippen LogP contribution < -0.4 is 0 Å². The molecule has 1 aromatic rings. The quantitative estimate of drug-likeness (QED) is 0.682. The molecule has 2 rings (SSSR count). The monoisotopic (exact) mass is 321 g/mol. The smallest absolute Gasteiger partial charge is 0.323 e. The molecule has 0 aliphatic carbocycles. The third-order valence-electron chi connectivity index (χ3n) is 3.05. The first kappa shape index (κ1) is 15.7. The predicted molar refractivity (Wildman–Crippen MR) is 87.7 cm³/mol. The Kier molecular flexibility index (Phi) is 4.80. The molecule has 1 aromatic carbocycles. The Hall–Kier alpha value is -1.66. The number of benzene rings is 1. The number of carbonyl (C=O) groups excluding carboxylic acids is 1. The standard InChI is InChI=1S/C15H15NO3S2/c1-9(2)12(10-6-4-3-5-7-10)13-14(19)16(8-11(17)18)15(20)21-13/h3-7,9H,8H2,1-2H3,(H,17,18)/b13-12+. The first-order chi connectivity index (χ1) is 9.91. The van der Waals surface area contributed by atoms with Gasteiger partial charge in [-0.25, -0.2) is 0 Å². The maximum atomic E-state index is 12.5. The Morgan fingerprint density at radius 2 is 1.95 bits per heavy atom. The number of carboxylic acid groups (broad SMARTS) is 1. The average Bonchev–Trinajstić information content (AvgIpc) is 2.68. The molecule has 1 fully saturated rings. The SMILES string of the molecule is CC(C)/C(=C1\SC(=S)N(CC(=O)O)C1=O)c1ccccc1. The Bertz CT molecular complexity index is 623. The van der Waals surface area contributed by atoms with Crippen LogP contribution in [-0.2, 0) is 9.59 Å². The van der Waals surface area contributed by atoms with Crippen LogP contribution in [0.25, 0.3) is 5.57 Å². The van der Waals surface area contributed by atoms with Crippen molar-refractivity contribution in [2.45, 2.75) is 13.8 Å². The highest BCUT2D eigenvalue weighted by molar-refractivity contribution is 8.26. The Labute approximate surface area is 132 Å². The minimum atomic E-state index is -1.07. The van der Waals surface area contributed by atoms with Gasteiger partial charge in [0.05, 0.1) is 4.91 Å². The normalized spacial score (nSPS) is 17.6. The number of nitrogens with zero attached hydrogens (tertiary/aromatic N) is 1. The van der Waals surface area contributed by atoms with Crippen molar-refractivity contribution in [1.29, 1.82) is 0 Å². The number of thiocarbonyl (C=S) groups is 1. The van der Waals surface area contributed by atoms with Crippen LogP contribution in [0, 0.1) is 5.92 Å². The van der Waals surface area contributed by atoms with Crippen LogP contribution in [0.3, 0.4) is 0 Å². The molecule has 1 aliphatic rings. The lowest BCUT2D eigenvalue weighted by Gasteiger charge is -2.15. The van der Waals surface area contributed by atoms with Crippen LogP contribution >= 0.6 is 24.0 Å². The largest absolute Gasteiger partial charge is 0.480 e. The molecule has 0 bridgehead atoms. The molecule has 0 atom stereocenters. The minimum Gasteiger partial charge on any atom is -0.480 e. The van der Waals surface area contributed by atoms with Gasteiger partial charge in [0.15, 0.2) is 0 Å². The fraction of sp³-hybridized carbons (Fsp3) is 0.267. The van der Waals surface area contributed by atoms with Crippen molar-refractivity contribution in [1.82, 2.24) is 4.90 Å². The van der Waals surface area contributed by atoms with E-state index in [4.69, 9.17) is 17.3 Å². The molecular formula is C15H15NO3S2. The third-order valence-corrected chi connectivity index (χ3v) is 4.51. The maximum Gasteiger partial charge on any atom is 0.323 e. The molecule has 110 valence electrons. The lowest BCUT2D eigenvalue weighted by Crippen LogP contribution is -2.33. The van der Waals surface area contributed by atoms with Gasteiger partial charge >= 0.3 is 5.97 Å². The number of aliphatic carboxylic acids is 1. The molecule has 0 radical (unpaired) electrons. The number of carboxylic acids is 1. The molecule has 0 saturated carbocycles. The predicted octanol–water partition coefficient (Wildman–Crippen LogP) is 3.00. The lowest BCUT2D eigenvalue weighted by molar-refractivity contribution is -0.140. The van der Waals surface area contributed by atoms with Crippen molar-refractivity contribution in [3.63, 3.8) is 0 Å². The molecule has 1 heterocycles. The number of rotatable bonds is 4. The number of carbonyl (C=O) groups is 2. The Balaban J connectivity index is 2.48. The summed E-state index contributed by atoms with van der Waals surface area (Å²) < 4.78 is 0.298. The van der Waals surface area contributed by atoms with E-state index in [1.807, 2.05) is 44.2 Å². The van der Waals surface area contributed by atoms with E-state index in [-0.39, 0.29) is 11.8 Å². The number of thioether (sulfide) groups is 1. The number of allylic oxidation sites excluding steroid dienone is 1. The van der Waals surface area contributed by atoms with Gasteiger partial charge in [-0.3, -0.25) is 14.5 Å². The highest BCUT2D eigenvalue weighted by Crippen LogP contribution is 2.39. The molecule has 0 aromatic heterocycles. The Morgan fingerprint density at radius 3 is 2.48 bits per heavy atom. The van der Waals surface area contributed by atoms with Gasteiger partial charge in [0.2, 0.25) is 0 Å². The zero-order valence-electron chi connectivity index (χ0n) is 11.7. The summed E-state index contributed by atoms with van der Waals surface area (Å²) in [5.41, 5.74) is 1.86. The van der Waals surface area contributed by atoms with Crippen molar-refractivity contribution in [3.05, 3.63) is 40.8 Å². The summed E-state index contributed by atoms with van der Waals surface area (Å²) in [6, 6.07) is 9.63. The molecule has 1 saturated heterocycles. The van der Waals surface area contributed by atoms with Crippen molar-refractivity contribution in [2.75, 3.05) is 6.54 Å². The summed E-state index contributed by atoms with van der Waals surface area (Å²) in [4.78, 5) is 25.0. The second-order valence-corrected chi connectivity index (χ2v) is 6.56. The molecule has 0 spiro atoms. The third kappa shape index (κ3) is 3.33. The van der Waals surface area contributed by atoms with E-state index in [1.54, 1.807) is 0 Å². The summed E-state index contributed by atoms with van der Waals surface area (Å²) in [5, 5.41) is 8.88. The van der Waals surface area contributed by atoms with Gasteiger partial charge in [0.1, 0.15) is 10.9 Å². The summed E-state index contributed by atoms with van der Waals surface area (Å²) in [7, 11) is 0. The van der Waals surface area contributed by atoms with Gasteiger partial charge in [-0.2, -0.15) is 0 Å². The molecule has 4 nitrogen and oxygen atoms in total. The topological polar surface area (TPSA) is 57.6 Å². The van der Waals surface area contributed by atoms with E-state index in [2.05, 4.69) is 0 Å². The minimum absolute atomic E-state index is 0.131. The van der Waals surface area contributed by atoms with Gasteiger partial charge in [-0.15, -0.1) is 0 Å². The van der Waals surface area contributed by atoms with E-state index in [0.29, 0.717) is 9.23 Å². The van der Waals surface area contributed by atoms with Gasteiger partial charge < -0.3 is 5.11 Å². The van der Waals surface area contributed by atoms with E-state index < -0.39 is 12.5 Å². The van der Waals surface area contributed by atoms with Gasteiger partial charge in [-0.1, -0.05) is 68.2 Å². The zero-order chi connectivity index (χ0) is 15.6. The van der Waals surface area contributed by atoms with Crippen LogP contribution in [-0.4, -0.2) is 32.7 Å². The number of hydrogen-bond acceptors (Lipinski definition) is 4. The van der Waals surface area contributed by atoms with Crippen molar-refractivity contribution >= 4 is 45.7 Å². The fourth-order valence-corrected chi connectivity index (χ4v) is 3.67. The second-order valence-electron chi connectivity index (χ2n) is 4.92. The average molecular weight is 321 g/mol. The van der Waals surface area contributed by atoms with Crippen LogP contribution in [0.2, 0.25) is 0 Å². The first-order valence-electron chi connectivity index (χ1n) is 6.47. The summed E-state index contributed by atoms with van der Waals surface area (Å²) in [5.74, 6) is -1.26. The van der Waals surface area contributed by atoms with Crippen LogP contribution in [0.5, 0.6) is 0 Å². The van der Waals surface area contributed by atoms with Crippen molar-refractivity contribution < 1.29 is 14.7 Å². The first-order valence-corrected chi connectivity index (χ1v) is 7.69. The maximum absolute atomic E-state index is 12.5. The molecule has 1 amide bonds. The summed E-state index contributed by atoms with van der Waals surface area (Å²) in [6.45, 7) is 3.62. The zero-order valence-corrected chi connectivity index (χ0v) is 13.3. The van der Waals surface area contributed by atoms with Crippen LogP contribution in [0.15, 0.2) is 35.2 Å². The second kappa shape index (κ2) is 6.41. The Morgan fingerprint density at radius 1 is 1.33 bits per heavy atom. The molecule has 1 N–H and O–H groups in total. The summed E-state index contributed by atoms with van der Waals surface area (Å²) >= 11 is 6.32.